The molecule has 1 heterocycles. The molecule has 0 spiro atoms. The molecule has 1 aliphatic rings. The summed E-state index contributed by atoms with van der Waals surface area (Å²) in [5.41, 5.74) is 0.863. The highest BCUT2D eigenvalue weighted by atomic mass is 79.9. The first-order valence-corrected chi connectivity index (χ1v) is 6.72. The van der Waals surface area contributed by atoms with Gasteiger partial charge in [0.05, 0.1) is 5.92 Å². The zero-order valence-corrected chi connectivity index (χ0v) is 11.3. The second-order valence-corrected chi connectivity index (χ2v) is 5.47. The zero-order chi connectivity index (χ0) is 12.5. The topological polar surface area (TPSA) is 41.1 Å². The highest BCUT2D eigenvalue weighted by Gasteiger charge is 2.24. The first kappa shape index (κ1) is 11.7. The molecule has 0 aromatic heterocycles. The fourth-order valence-corrected chi connectivity index (χ4v) is 2.39. The molecule has 2 aromatic carbocycles. The van der Waals surface area contributed by atoms with Crippen molar-refractivity contribution in [3.63, 3.8) is 0 Å². The number of benzene rings is 2. The molecule has 0 saturated carbocycles. The van der Waals surface area contributed by atoms with Crippen LogP contribution in [0.25, 0.3) is 10.8 Å². The summed E-state index contributed by atoms with van der Waals surface area (Å²) >= 11 is 3.45. The van der Waals surface area contributed by atoms with Crippen molar-refractivity contribution in [1.29, 1.82) is 0 Å². The number of nitrogens with one attached hydrogen (secondary N) is 2. The molecule has 0 radical (unpaired) electrons. The van der Waals surface area contributed by atoms with E-state index in [0.29, 0.717) is 0 Å². The fourth-order valence-electron chi connectivity index (χ4n) is 2.01. The van der Waals surface area contributed by atoms with E-state index >= 15 is 0 Å². The number of rotatable bonds is 2. The molecular formula is C14H13BrN2O. The molecule has 3 rings (SSSR count). The maximum Gasteiger partial charge on any atom is 0.230 e. The number of fused-ring (bicyclic) bond motifs is 1. The first-order valence-electron chi connectivity index (χ1n) is 5.93. The Labute approximate surface area is 114 Å². The second kappa shape index (κ2) is 4.71. The van der Waals surface area contributed by atoms with Crippen molar-refractivity contribution in [2.24, 2.45) is 5.92 Å². The number of carbonyl (C=O) groups is 1. The van der Waals surface area contributed by atoms with Gasteiger partial charge in [0.25, 0.3) is 0 Å². The zero-order valence-electron chi connectivity index (χ0n) is 9.74. The Kier molecular flexibility index (Phi) is 3.06. The smallest absolute Gasteiger partial charge is 0.230 e. The SMILES string of the molecule is O=C(Nc1ccc2cc(Br)ccc2c1)C1CNC1. The fraction of sp³-hybridized carbons (Fsp3) is 0.214. The minimum atomic E-state index is 0.102. The lowest BCUT2D eigenvalue weighted by Crippen LogP contribution is -2.48. The number of carbonyl (C=O) groups excluding carboxylic acids is 1. The average molecular weight is 305 g/mol. The molecule has 4 heteroatoms. The van der Waals surface area contributed by atoms with Gasteiger partial charge in [0.15, 0.2) is 0 Å². The molecule has 0 bridgehead atoms. The lowest BCUT2D eigenvalue weighted by molar-refractivity contribution is -0.121. The van der Waals surface area contributed by atoms with Crippen LogP contribution in [0.5, 0.6) is 0 Å². The van der Waals surface area contributed by atoms with Crippen LogP contribution in [0, 0.1) is 5.92 Å². The average Bonchev–Trinajstić information content (AvgIpc) is 2.27. The van der Waals surface area contributed by atoms with Gasteiger partial charge >= 0.3 is 0 Å². The van der Waals surface area contributed by atoms with Crippen LogP contribution in [0.2, 0.25) is 0 Å². The molecule has 2 aromatic rings. The third kappa shape index (κ3) is 2.26. The molecule has 0 unspecified atom stereocenters. The van der Waals surface area contributed by atoms with Crippen LogP contribution >= 0.6 is 15.9 Å². The summed E-state index contributed by atoms with van der Waals surface area (Å²) in [7, 11) is 0. The van der Waals surface area contributed by atoms with Gasteiger partial charge in [0, 0.05) is 23.2 Å². The summed E-state index contributed by atoms with van der Waals surface area (Å²) < 4.78 is 1.06. The van der Waals surface area contributed by atoms with Crippen molar-refractivity contribution in [3.8, 4) is 0 Å². The number of amides is 1. The van der Waals surface area contributed by atoms with E-state index in [-0.39, 0.29) is 11.8 Å². The molecule has 3 nitrogen and oxygen atoms in total. The highest BCUT2D eigenvalue weighted by molar-refractivity contribution is 9.10. The third-order valence-corrected chi connectivity index (χ3v) is 3.72. The van der Waals surface area contributed by atoms with Crippen molar-refractivity contribution in [2.75, 3.05) is 18.4 Å². The number of hydrogen-bond donors (Lipinski definition) is 2. The predicted molar refractivity (Wildman–Crippen MR) is 76.6 cm³/mol. The molecule has 0 atom stereocenters. The summed E-state index contributed by atoms with van der Waals surface area (Å²) in [6.07, 6.45) is 0. The summed E-state index contributed by atoms with van der Waals surface area (Å²) in [5.74, 6) is 0.218. The minimum Gasteiger partial charge on any atom is -0.326 e. The summed E-state index contributed by atoms with van der Waals surface area (Å²) in [6, 6.07) is 12.1. The largest absolute Gasteiger partial charge is 0.326 e. The van der Waals surface area contributed by atoms with Crippen molar-refractivity contribution < 1.29 is 4.79 Å². The van der Waals surface area contributed by atoms with E-state index in [1.54, 1.807) is 0 Å². The van der Waals surface area contributed by atoms with Gasteiger partial charge in [-0.05, 0) is 35.0 Å². The van der Waals surface area contributed by atoms with Gasteiger partial charge in [0.1, 0.15) is 0 Å². The molecule has 18 heavy (non-hydrogen) atoms. The Morgan fingerprint density at radius 1 is 1.17 bits per heavy atom. The quantitative estimate of drug-likeness (QED) is 0.896. The number of halogens is 1. The van der Waals surface area contributed by atoms with Gasteiger partial charge in [-0.2, -0.15) is 0 Å². The summed E-state index contributed by atoms with van der Waals surface area (Å²) in [4.78, 5) is 11.8. The maximum atomic E-state index is 11.8. The van der Waals surface area contributed by atoms with Crippen molar-refractivity contribution in [1.82, 2.24) is 5.32 Å². The van der Waals surface area contributed by atoms with Crippen LogP contribution in [-0.4, -0.2) is 19.0 Å². The second-order valence-electron chi connectivity index (χ2n) is 4.55. The van der Waals surface area contributed by atoms with Crippen LogP contribution in [0.4, 0.5) is 5.69 Å². The van der Waals surface area contributed by atoms with Crippen LogP contribution in [-0.2, 0) is 4.79 Å². The molecule has 0 aliphatic carbocycles. The van der Waals surface area contributed by atoms with Crippen molar-refractivity contribution >= 4 is 38.3 Å². The standard InChI is InChI=1S/C14H13BrN2O/c15-12-3-1-10-6-13(4-2-9(10)5-12)17-14(18)11-7-16-8-11/h1-6,11,16H,7-8H2,(H,17,18). The first-order chi connectivity index (χ1) is 8.72. The molecule has 92 valence electrons. The van der Waals surface area contributed by atoms with Gasteiger partial charge in [-0.25, -0.2) is 0 Å². The van der Waals surface area contributed by atoms with Gasteiger partial charge < -0.3 is 10.6 Å². The van der Waals surface area contributed by atoms with Gasteiger partial charge in [-0.3, -0.25) is 4.79 Å². The van der Waals surface area contributed by atoms with E-state index in [1.165, 1.54) is 0 Å². The van der Waals surface area contributed by atoms with Crippen molar-refractivity contribution in [2.45, 2.75) is 0 Å². The van der Waals surface area contributed by atoms with Gasteiger partial charge in [0.2, 0.25) is 5.91 Å². The maximum absolute atomic E-state index is 11.8. The van der Waals surface area contributed by atoms with Crippen LogP contribution in [0.3, 0.4) is 0 Å². The van der Waals surface area contributed by atoms with E-state index < -0.39 is 0 Å². The summed E-state index contributed by atoms with van der Waals surface area (Å²) in [5, 5.41) is 8.35. The minimum absolute atomic E-state index is 0.102. The molecular weight excluding hydrogens is 292 g/mol. The molecule has 1 fully saturated rings. The third-order valence-electron chi connectivity index (χ3n) is 3.22. The molecule has 1 amide bonds. The Morgan fingerprint density at radius 3 is 2.61 bits per heavy atom. The van der Waals surface area contributed by atoms with Gasteiger partial charge in [-0.15, -0.1) is 0 Å². The van der Waals surface area contributed by atoms with Crippen LogP contribution < -0.4 is 10.6 Å². The lowest BCUT2D eigenvalue weighted by atomic mass is 10.0. The normalized spacial score (nSPS) is 15.4. The number of hydrogen-bond acceptors (Lipinski definition) is 2. The van der Waals surface area contributed by atoms with Crippen LogP contribution in [0.1, 0.15) is 0 Å². The van der Waals surface area contributed by atoms with Crippen LogP contribution in [0.15, 0.2) is 40.9 Å². The molecule has 1 aliphatic heterocycles. The highest BCUT2D eigenvalue weighted by Crippen LogP contribution is 2.23. The van der Waals surface area contributed by atoms with E-state index in [1.807, 2.05) is 30.3 Å². The van der Waals surface area contributed by atoms with E-state index in [2.05, 4.69) is 32.6 Å². The van der Waals surface area contributed by atoms with E-state index in [9.17, 15) is 4.79 Å². The Balaban J connectivity index is 1.84. The van der Waals surface area contributed by atoms with Crippen molar-refractivity contribution in [3.05, 3.63) is 40.9 Å². The molecule has 1 saturated heterocycles. The Bertz CT molecular complexity index is 608. The predicted octanol–water partition coefficient (Wildman–Crippen LogP) is 2.76. The Hall–Kier alpha value is -1.39. The lowest BCUT2D eigenvalue weighted by Gasteiger charge is -2.25. The number of anilines is 1. The monoisotopic (exact) mass is 304 g/mol. The Morgan fingerprint density at radius 2 is 1.89 bits per heavy atom. The van der Waals surface area contributed by atoms with E-state index in [4.69, 9.17) is 0 Å². The van der Waals surface area contributed by atoms with E-state index in [0.717, 1.165) is 34.0 Å². The summed E-state index contributed by atoms with van der Waals surface area (Å²) in [6.45, 7) is 1.57. The molecule has 2 N–H and O–H groups in total. The van der Waals surface area contributed by atoms with Gasteiger partial charge in [-0.1, -0.05) is 28.1 Å².